The standard InChI is InChI=1S/C28H40N2O12/c1-8-30(9-2)13-12-29-27(35)20-10-11-21(22(14-20)36-7)41-28-26(40-19(6)34)25(39-18(5)33)24(38-17(4)32)23(42-28)15-37-16(3)31/h10-11,14,23-26,28H,8-9,12-13,15H2,1-7H3,(H,29,35)/t23-,24-,25+,26-,28?/m1/s1. The number of rotatable bonds is 14. The van der Waals surface area contributed by atoms with E-state index in [1.54, 1.807) is 0 Å². The summed E-state index contributed by atoms with van der Waals surface area (Å²) in [4.78, 5) is 62.4. The number of carbonyl (C=O) groups is 5. The molecule has 2 rings (SSSR count). The zero-order valence-corrected chi connectivity index (χ0v) is 25.0. The zero-order chi connectivity index (χ0) is 31.4. The molecule has 1 saturated heterocycles. The van der Waals surface area contributed by atoms with Crippen molar-refractivity contribution in [1.29, 1.82) is 0 Å². The van der Waals surface area contributed by atoms with Gasteiger partial charge in [0.1, 0.15) is 12.7 Å². The van der Waals surface area contributed by atoms with E-state index in [1.165, 1.54) is 32.2 Å². The molecule has 1 fully saturated rings. The van der Waals surface area contributed by atoms with Gasteiger partial charge in [0.05, 0.1) is 7.11 Å². The highest BCUT2D eigenvalue weighted by molar-refractivity contribution is 5.94. The van der Waals surface area contributed by atoms with Gasteiger partial charge in [-0.3, -0.25) is 24.0 Å². The zero-order valence-electron chi connectivity index (χ0n) is 25.0. The van der Waals surface area contributed by atoms with Gasteiger partial charge in [-0.15, -0.1) is 0 Å². The van der Waals surface area contributed by atoms with Crippen molar-refractivity contribution in [3.8, 4) is 11.5 Å². The van der Waals surface area contributed by atoms with Crippen molar-refractivity contribution in [1.82, 2.24) is 10.2 Å². The lowest BCUT2D eigenvalue weighted by atomic mass is 9.98. The maximum atomic E-state index is 12.7. The number of nitrogens with zero attached hydrogens (tertiary/aromatic N) is 1. The lowest BCUT2D eigenvalue weighted by Gasteiger charge is -2.44. The fraction of sp³-hybridized carbons (Fsp3) is 0.607. The molecule has 1 unspecified atom stereocenters. The first-order chi connectivity index (χ1) is 19.9. The smallest absolute Gasteiger partial charge is 0.303 e. The molecule has 1 aromatic carbocycles. The van der Waals surface area contributed by atoms with Crippen molar-refractivity contribution >= 4 is 29.8 Å². The van der Waals surface area contributed by atoms with Crippen LogP contribution in [0.4, 0.5) is 0 Å². The Morgan fingerprint density at radius 1 is 0.833 bits per heavy atom. The maximum absolute atomic E-state index is 12.7. The highest BCUT2D eigenvalue weighted by Gasteiger charge is 2.53. The average Bonchev–Trinajstić information content (AvgIpc) is 2.92. The molecule has 1 N–H and O–H groups in total. The Hall–Kier alpha value is -3.91. The maximum Gasteiger partial charge on any atom is 0.303 e. The summed E-state index contributed by atoms with van der Waals surface area (Å²) in [6.07, 6.45) is -6.76. The molecule has 1 heterocycles. The van der Waals surface area contributed by atoms with Gasteiger partial charge in [-0.05, 0) is 31.3 Å². The molecule has 14 nitrogen and oxygen atoms in total. The van der Waals surface area contributed by atoms with Gasteiger partial charge in [-0.25, -0.2) is 0 Å². The van der Waals surface area contributed by atoms with Gasteiger partial charge in [-0.2, -0.15) is 0 Å². The van der Waals surface area contributed by atoms with E-state index < -0.39 is 61.2 Å². The number of hydrogen-bond acceptors (Lipinski definition) is 13. The normalized spacial score (nSPS) is 21.6. The van der Waals surface area contributed by atoms with Crippen molar-refractivity contribution in [3.05, 3.63) is 23.8 Å². The van der Waals surface area contributed by atoms with E-state index in [-0.39, 0.29) is 17.4 Å². The van der Waals surface area contributed by atoms with Crippen LogP contribution in [0.25, 0.3) is 0 Å². The third-order valence-corrected chi connectivity index (χ3v) is 6.23. The fourth-order valence-electron chi connectivity index (χ4n) is 4.28. The van der Waals surface area contributed by atoms with Gasteiger partial charge >= 0.3 is 23.9 Å². The minimum absolute atomic E-state index is 0.0955. The molecule has 234 valence electrons. The minimum Gasteiger partial charge on any atom is -0.493 e. The second-order valence-corrected chi connectivity index (χ2v) is 9.33. The van der Waals surface area contributed by atoms with Crippen LogP contribution in [0.2, 0.25) is 0 Å². The van der Waals surface area contributed by atoms with E-state index in [0.29, 0.717) is 18.7 Å². The van der Waals surface area contributed by atoms with Crippen LogP contribution in [0.3, 0.4) is 0 Å². The number of esters is 4. The second-order valence-electron chi connectivity index (χ2n) is 9.33. The predicted octanol–water partition coefficient (Wildman–Crippen LogP) is 1.23. The van der Waals surface area contributed by atoms with E-state index in [4.69, 9.17) is 33.2 Å². The Morgan fingerprint density at radius 2 is 1.43 bits per heavy atom. The van der Waals surface area contributed by atoms with Gasteiger partial charge < -0.3 is 43.4 Å². The summed E-state index contributed by atoms with van der Waals surface area (Å²) >= 11 is 0. The number of ether oxygens (including phenoxy) is 7. The Morgan fingerprint density at radius 3 is 1.98 bits per heavy atom. The summed E-state index contributed by atoms with van der Waals surface area (Å²) < 4.78 is 38.7. The first kappa shape index (κ1) is 34.3. The van der Waals surface area contributed by atoms with Crippen LogP contribution in [0.5, 0.6) is 11.5 Å². The van der Waals surface area contributed by atoms with Crippen LogP contribution >= 0.6 is 0 Å². The van der Waals surface area contributed by atoms with Crippen LogP contribution in [0.1, 0.15) is 51.9 Å². The molecule has 42 heavy (non-hydrogen) atoms. The summed E-state index contributed by atoms with van der Waals surface area (Å²) in [5.74, 6) is -3.00. The molecule has 0 spiro atoms. The van der Waals surface area contributed by atoms with Crippen LogP contribution < -0.4 is 14.8 Å². The number of methoxy groups -OCH3 is 1. The summed E-state index contributed by atoms with van der Waals surface area (Å²) in [7, 11) is 1.37. The molecule has 5 atom stereocenters. The predicted molar refractivity (Wildman–Crippen MR) is 146 cm³/mol. The number of amides is 1. The molecule has 0 bridgehead atoms. The summed E-state index contributed by atoms with van der Waals surface area (Å²) in [6.45, 7) is 11.1. The van der Waals surface area contributed by atoms with Crippen LogP contribution in [0.15, 0.2) is 18.2 Å². The molecular weight excluding hydrogens is 556 g/mol. The molecule has 0 aromatic heterocycles. The topological polar surface area (TPSA) is 165 Å². The van der Waals surface area contributed by atoms with Crippen molar-refractivity contribution in [2.24, 2.45) is 0 Å². The number of benzene rings is 1. The molecule has 0 aliphatic carbocycles. The Balaban J connectivity index is 2.39. The molecular formula is C28H40N2O12. The van der Waals surface area contributed by atoms with Crippen molar-refractivity contribution < 1.29 is 57.1 Å². The van der Waals surface area contributed by atoms with Crippen molar-refractivity contribution in [2.45, 2.75) is 72.2 Å². The number of nitrogens with one attached hydrogen (secondary N) is 1. The molecule has 14 heteroatoms. The fourth-order valence-corrected chi connectivity index (χ4v) is 4.28. The number of likely N-dealkylation sites (N-methyl/N-ethyl adjacent to an activating group) is 1. The molecule has 1 aliphatic rings. The summed E-state index contributed by atoms with van der Waals surface area (Å²) in [5, 5.41) is 2.86. The second kappa shape index (κ2) is 16.5. The van der Waals surface area contributed by atoms with Gasteiger partial charge in [0.2, 0.25) is 12.4 Å². The summed E-state index contributed by atoms with van der Waals surface area (Å²) in [6, 6.07) is 4.44. The monoisotopic (exact) mass is 596 g/mol. The summed E-state index contributed by atoms with van der Waals surface area (Å²) in [5.41, 5.74) is 0.306. The Labute approximate surface area is 244 Å². The number of carbonyl (C=O) groups excluding carboxylic acids is 5. The third-order valence-electron chi connectivity index (χ3n) is 6.23. The van der Waals surface area contributed by atoms with Gasteiger partial charge in [0.15, 0.2) is 23.7 Å². The minimum atomic E-state index is -1.45. The molecule has 0 radical (unpaired) electrons. The van der Waals surface area contributed by atoms with Crippen LogP contribution in [-0.2, 0) is 42.9 Å². The molecule has 1 amide bonds. The largest absolute Gasteiger partial charge is 0.493 e. The van der Waals surface area contributed by atoms with E-state index >= 15 is 0 Å². The van der Waals surface area contributed by atoms with Gasteiger partial charge in [0, 0.05) is 46.3 Å². The molecule has 1 aliphatic heterocycles. The van der Waals surface area contributed by atoms with E-state index in [0.717, 1.165) is 33.9 Å². The van der Waals surface area contributed by atoms with Crippen molar-refractivity contribution in [3.63, 3.8) is 0 Å². The third kappa shape index (κ3) is 10.2. The van der Waals surface area contributed by atoms with Gasteiger partial charge in [0.25, 0.3) is 5.91 Å². The highest BCUT2D eigenvalue weighted by atomic mass is 16.7. The van der Waals surface area contributed by atoms with Gasteiger partial charge in [-0.1, -0.05) is 13.8 Å². The average molecular weight is 597 g/mol. The Bertz CT molecular complexity index is 1110. The quantitative estimate of drug-likeness (QED) is 0.241. The highest BCUT2D eigenvalue weighted by Crippen LogP contribution is 2.35. The number of hydrogen-bond donors (Lipinski definition) is 1. The van der Waals surface area contributed by atoms with E-state index in [2.05, 4.69) is 10.2 Å². The van der Waals surface area contributed by atoms with Crippen LogP contribution in [0, 0.1) is 0 Å². The molecule has 0 saturated carbocycles. The first-order valence-corrected chi connectivity index (χ1v) is 13.6. The van der Waals surface area contributed by atoms with Crippen molar-refractivity contribution in [2.75, 3.05) is 39.9 Å². The SMILES string of the molecule is CCN(CC)CCNC(=O)c1ccc(OC2O[C@H](COC(C)=O)[C@@H](OC(C)=O)[C@H](OC(C)=O)[C@H]2OC(C)=O)c(OC)c1. The first-order valence-electron chi connectivity index (χ1n) is 13.6. The van der Waals surface area contributed by atoms with E-state index in [1.807, 2.05) is 13.8 Å². The van der Waals surface area contributed by atoms with Crippen LogP contribution in [-0.4, -0.2) is 105 Å². The lowest BCUT2D eigenvalue weighted by molar-refractivity contribution is -0.288. The lowest BCUT2D eigenvalue weighted by Crippen LogP contribution is -2.63. The van der Waals surface area contributed by atoms with E-state index in [9.17, 15) is 24.0 Å². The molecule has 1 aromatic rings. The Kier molecular flexibility index (Phi) is 13.5.